The Bertz CT molecular complexity index is 517. The molecule has 2 aliphatic rings. The van der Waals surface area contributed by atoms with Gasteiger partial charge >= 0.3 is 5.97 Å². The molecule has 2 heterocycles. The first-order valence-electron chi connectivity index (χ1n) is 8.24. The van der Waals surface area contributed by atoms with E-state index in [9.17, 15) is 9.90 Å². The molecule has 2 saturated heterocycles. The van der Waals surface area contributed by atoms with Crippen LogP contribution in [0.4, 0.5) is 0 Å². The highest BCUT2D eigenvalue weighted by Gasteiger charge is 2.36. The fraction of sp³-hybridized carbons (Fsp3) is 0.588. The van der Waals surface area contributed by atoms with Crippen molar-refractivity contribution in [2.24, 2.45) is 0 Å². The van der Waals surface area contributed by atoms with Crippen molar-refractivity contribution in [1.82, 2.24) is 14.7 Å². The van der Waals surface area contributed by atoms with E-state index >= 15 is 0 Å². The first-order chi connectivity index (χ1) is 11.1. The number of likely N-dealkylation sites (tertiary alicyclic amines) is 1. The highest BCUT2D eigenvalue weighted by Crippen LogP contribution is 2.20. The number of aliphatic hydroxyl groups is 1. The number of nitrogens with zero attached hydrogens (tertiary/aromatic N) is 3. The van der Waals surface area contributed by atoms with Gasteiger partial charge in [0.05, 0.1) is 12.6 Å². The van der Waals surface area contributed by atoms with Crippen molar-refractivity contribution in [1.29, 1.82) is 0 Å². The maximum absolute atomic E-state index is 10.8. The second-order valence-corrected chi connectivity index (χ2v) is 6.52. The monoisotopic (exact) mass is 319 g/mol. The summed E-state index contributed by atoms with van der Waals surface area (Å²) in [5, 5.41) is 19.3. The van der Waals surface area contributed by atoms with Gasteiger partial charge in [-0.2, -0.15) is 0 Å². The second kappa shape index (κ2) is 7.40. The number of hydrogen-bond donors (Lipinski definition) is 2. The first kappa shape index (κ1) is 16.4. The number of piperazine rings is 1. The number of carboxylic acids is 1. The van der Waals surface area contributed by atoms with E-state index in [1.807, 2.05) is 23.1 Å². The van der Waals surface area contributed by atoms with Crippen molar-refractivity contribution >= 4 is 5.97 Å². The number of carboxylic acid groups (broad SMARTS) is 1. The zero-order chi connectivity index (χ0) is 16.2. The van der Waals surface area contributed by atoms with E-state index in [0.29, 0.717) is 6.54 Å². The maximum Gasteiger partial charge on any atom is 0.317 e. The molecule has 3 rings (SSSR count). The number of benzene rings is 1. The molecule has 6 heteroatoms. The van der Waals surface area contributed by atoms with Gasteiger partial charge in [-0.05, 0) is 5.56 Å². The molecule has 6 nitrogen and oxygen atoms in total. The van der Waals surface area contributed by atoms with Crippen LogP contribution in [0.5, 0.6) is 0 Å². The van der Waals surface area contributed by atoms with Gasteiger partial charge in [0.15, 0.2) is 0 Å². The predicted molar refractivity (Wildman–Crippen MR) is 87.2 cm³/mol. The Labute approximate surface area is 136 Å². The molecule has 0 unspecified atom stereocenters. The van der Waals surface area contributed by atoms with E-state index in [2.05, 4.69) is 21.9 Å². The smallest absolute Gasteiger partial charge is 0.317 e. The van der Waals surface area contributed by atoms with E-state index in [4.69, 9.17) is 5.11 Å². The van der Waals surface area contributed by atoms with E-state index in [1.165, 1.54) is 5.56 Å². The molecular formula is C17H25N3O3. The van der Waals surface area contributed by atoms with Crippen LogP contribution in [0.1, 0.15) is 5.56 Å². The van der Waals surface area contributed by atoms with E-state index in [1.54, 1.807) is 0 Å². The molecule has 0 bridgehead atoms. The third kappa shape index (κ3) is 4.29. The van der Waals surface area contributed by atoms with Gasteiger partial charge < -0.3 is 10.2 Å². The van der Waals surface area contributed by atoms with Gasteiger partial charge in [0.2, 0.25) is 0 Å². The molecular weight excluding hydrogens is 294 g/mol. The van der Waals surface area contributed by atoms with Crippen LogP contribution in [0.2, 0.25) is 0 Å². The van der Waals surface area contributed by atoms with E-state index < -0.39 is 5.97 Å². The van der Waals surface area contributed by atoms with Crippen LogP contribution in [0.25, 0.3) is 0 Å². The summed E-state index contributed by atoms with van der Waals surface area (Å²) in [5.74, 6) is -0.770. The molecule has 1 aromatic carbocycles. The van der Waals surface area contributed by atoms with Gasteiger partial charge in [-0.1, -0.05) is 30.3 Å². The predicted octanol–water partition coefficient (Wildman–Crippen LogP) is -0.0661. The highest BCUT2D eigenvalue weighted by atomic mass is 16.4. The fourth-order valence-electron chi connectivity index (χ4n) is 3.62. The molecule has 0 radical (unpaired) electrons. The summed E-state index contributed by atoms with van der Waals surface area (Å²) >= 11 is 0. The van der Waals surface area contributed by atoms with Crippen LogP contribution < -0.4 is 0 Å². The Kier molecular flexibility index (Phi) is 5.27. The quantitative estimate of drug-likeness (QED) is 0.792. The first-order valence-corrected chi connectivity index (χ1v) is 8.24. The zero-order valence-electron chi connectivity index (χ0n) is 13.3. The summed E-state index contributed by atoms with van der Waals surface area (Å²) in [6, 6.07) is 10.5. The third-order valence-electron chi connectivity index (χ3n) is 4.82. The van der Waals surface area contributed by atoms with Crippen molar-refractivity contribution < 1.29 is 15.0 Å². The van der Waals surface area contributed by atoms with Crippen LogP contribution in [-0.2, 0) is 11.3 Å². The summed E-state index contributed by atoms with van der Waals surface area (Å²) in [5.41, 5.74) is 1.27. The van der Waals surface area contributed by atoms with E-state index in [-0.39, 0.29) is 18.7 Å². The standard InChI is InChI=1S/C17H25N3O3/c21-16-12-19(10-14-4-2-1-3-5-14)11-15(16)20-8-6-18(7-9-20)13-17(22)23/h1-5,15-16,21H,6-13H2,(H,22,23)/t15-,16-/m1/s1. The van der Waals surface area contributed by atoms with Gasteiger partial charge in [0, 0.05) is 51.9 Å². The average Bonchev–Trinajstić information content (AvgIpc) is 2.89. The van der Waals surface area contributed by atoms with Gasteiger partial charge in [0.1, 0.15) is 0 Å². The van der Waals surface area contributed by atoms with Crippen molar-refractivity contribution in [3.63, 3.8) is 0 Å². The van der Waals surface area contributed by atoms with Gasteiger partial charge in [-0.25, -0.2) is 0 Å². The molecule has 126 valence electrons. The minimum absolute atomic E-state index is 0.112. The molecule has 2 fully saturated rings. The number of carbonyl (C=O) groups is 1. The Hall–Kier alpha value is -1.47. The molecule has 0 saturated carbocycles. The molecule has 1 aromatic rings. The lowest BCUT2D eigenvalue weighted by atomic mass is 10.1. The molecule has 2 atom stereocenters. The minimum Gasteiger partial charge on any atom is -0.480 e. The summed E-state index contributed by atoms with van der Waals surface area (Å²) in [6.45, 7) is 5.73. The summed E-state index contributed by atoms with van der Waals surface area (Å²) in [6.07, 6.45) is -0.329. The largest absolute Gasteiger partial charge is 0.480 e. The van der Waals surface area contributed by atoms with Crippen molar-refractivity contribution in [3.8, 4) is 0 Å². The Morgan fingerprint density at radius 1 is 1.04 bits per heavy atom. The van der Waals surface area contributed by atoms with E-state index in [0.717, 1.165) is 39.3 Å². The normalized spacial score (nSPS) is 27.3. The molecule has 2 aliphatic heterocycles. The van der Waals surface area contributed by atoms with Gasteiger partial charge in [-0.15, -0.1) is 0 Å². The van der Waals surface area contributed by atoms with Gasteiger partial charge in [-0.3, -0.25) is 19.5 Å². The lowest BCUT2D eigenvalue weighted by Gasteiger charge is -2.38. The molecule has 23 heavy (non-hydrogen) atoms. The number of aliphatic carboxylic acids is 1. The fourth-order valence-corrected chi connectivity index (χ4v) is 3.62. The average molecular weight is 319 g/mol. The number of hydrogen-bond acceptors (Lipinski definition) is 5. The number of β-amino-alcohol motifs (C(OH)–C–C–N with tert-alkyl or cyclic N) is 1. The molecule has 0 aliphatic carbocycles. The lowest BCUT2D eigenvalue weighted by molar-refractivity contribution is -0.138. The van der Waals surface area contributed by atoms with Crippen molar-refractivity contribution in [3.05, 3.63) is 35.9 Å². The second-order valence-electron chi connectivity index (χ2n) is 6.52. The van der Waals surface area contributed by atoms with Crippen LogP contribution in [0.15, 0.2) is 30.3 Å². The maximum atomic E-state index is 10.8. The minimum atomic E-state index is -0.770. The van der Waals surface area contributed by atoms with Gasteiger partial charge in [0.25, 0.3) is 0 Å². The van der Waals surface area contributed by atoms with Crippen molar-refractivity contribution in [2.45, 2.75) is 18.7 Å². The van der Waals surface area contributed by atoms with Crippen LogP contribution in [0.3, 0.4) is 0 Å². The molecule has 0 aromatic heterocycles. The van der Waals surface area contributed by atoms with Crippen LogP contribution >= 0.6 is 0 Å². The number of aliphatic hydroxyl groups excluding tert-OH is 1. The molecule has 0 spiro atoms. The zero-order valence-corrected chi connectivity index (χ0v) is 13.3. The molecule has 2 N–H and O–H groups in total. The highest BCUT2D eigenvalue weighted by molar-refractivity contribution is 5.69. The Morgan fingerprint density at radius 3 is 2.39 bits per heavy atom. The third-order valence-corrected chi connectivity index (χ3v) is 4.82. The topological polar surface area (TPSA) is 67.2 Å². The van der Waals surface area contributed by atoms with Crippen molar-refractivity contribution in [2.75, 3.05) is 45.8 Å². The van der Waals surface area contributed by atoms with Crippen LogP contribution in [-0.4, -0.2) is 88.8 Å². The lowest BCUT2D eigenvalue weighted by Crippen LogP contribution is -2.54. The Balaban J connectivity index is 1.50. The number of rotatable bonds is 5. The summed E-state index contributed by atoms with van der Waals surface area (Å²) < 4.78 is 0. The summed E-state index contributed by atoms with van der Waals surface area (Å²) in [7, 11) is 0. The molecule has 0 amide bonds. The summed E-state index contributed by atoms with van der Waals surface area (Å²) in [4.78, 5) is 17.3. The Morgan fingerprint density at radius 2 is 1.74 bits per heavy atom. The van der Waals surface area contributed by atoms with Crippen LogP contribution in [0, 0.1) is 0 Å². The SMILES string of the molecule is O=C(O)CN1CCN([C@@H]2CN(Cc3ccccc3)C[C@H]2O)CC1.